The number of alkyl halides is 1. The van der Waals surface area contributed by atoms with Crippen LogP contribution in [0.25, 0.3) is 11.1 Å². The van der Waals surface area contributed by atoms with E-state index in [0.717, 1.165) is 0 Å². The predicted molar refractivity (Wildman–Crippen MR) is 142 cm³/mol. The lowest BCUT2D eigenvalue weighted by molar-refractivity contribution is -0.136. The summed E-state index contributed by atoms with van der Waals surface area (Å²) < 4.78 is 56.0. The van der Waals surface area contributed by atoms with Crippen LogP contribution in [0.15, 0.2) is 54.6 Å². The molecule has 1 saturated carbocycles. The van der Waals surface area contributed by atoms with E-state index in [0.29, 0.717) is 22.4 Å². The lowest BCUT2D eigenvalue weighted by Gasteiger charge is -2.27. The normalized spacial score (nSPS) is 13.2. The molecule has 3 aromatic rings. The molecular formula is C31H35F3O4. The minimum Gasteiger partial charge on any atom is -0.497 e. The van der Waals surface area contributed by atoms with E-state index in [2.05, 4.69) is 0 Å². The molecule has 0 spiro atoms. The minimum atomic E-state index is -1.42. The number of carboxylic acids is 1. The van der Waals surface area contributed by atoms with Gasteiger partial charge in [0, 0.05) is 12.0 Å². The average molecular weight is 529 g/mol. The number of ether oxygens (including phenoxy) is 2. The van der Waals surface area contributed by atoms with Crippen LogP contribution in [0, 0.1) is 17.0 Å². The first-order valence-corrected chi connectivity index (χ1v) is 12.7. The van der Waals surface area contributed by atoms with Crippen LogP contribution in [-0.4, -0.2) is 18.2 Å². The van der Waals surface area contributed by atoms with Crippen molar-refractivity contribution in [3.63, 3.8) is 0 Å². The summed E-state index contributed by atoms with van der Waals surface area (Å²) in [7, 11) is 1.47. The van der Waals surface area contributed by atoms with Gasteiger partial charge in [0.2, 0.25) is 0 Å². The third kappa shape index (κ3) is 8.01. The molecule has 0 saturated heterocycles. The van der Waals surface area contributed by atoms with Crippen molar-refractivity contribution in [2.24, 2.45) is 5.41 Å². The Bertz CT molecular complexity index is 1250. The number of methoxy groups -OCH3 is 1. The lowest BCUT2D eigenvalue weighted by atomic mass is 9.82. The standard InChI is InChI=1S/C28H29F3O4.C3H6/c1-28(2,3)27(31)22-14-17(8-11-20(22)21-15-19(34-4)10-12-23(21)29)16-35-24-7-5-6-18(26(24)30)9-13-25(32)33;1-2-3-1/h5-8,10-12,14-15,27H,9,13,16H2,1-4H3,(H,32,33);1-3H2. The summed E-state index contributed by atoms with van der Waals surface area (Å²) in [5, 5.41) is 8.85. The second-order valence-corrected chi connectivity index (χ2v) is 10.5. The van der Waals surface area contributed by atoms with Crippen LogP contribution >= 0.6 is 0 Å². The summed E-state index contributed by atoms with van der Waals surface area (Å²) in [4.78, 5) is 10.8. The molecule has 0 bridgehead atoms. The Kier molecular flexibility index (Phi) is 9.84. The average Bonchev–Trinajstić information content (AvgIpc) is 3.76. The first kappa shape index (κ1) is 29.1. The quantitative estimate of drug-likeness (QED) is 0.303. The smallest absolute Gasteiger partial charge is 0.303 e. The van der Waals surface area contributed by atoms with Gasteiger partial charge in [-0.1, -0.05) is 64.3 Å². The first-order valence-electron chi connectivity index (χ1n) is 12.7. The Morgan fingerprint density at radius 2 is 1.71 bits per heavy atom. The molecule has 3 aromatic carbocycles. The summed E-state index contributed by atoms with van der Waals surface area (Å²) in [5.41, 5.74) is 0.973. The summed E-state index contributed by atoms with van der Waals surface area (Å²) in [6.45, 7) is 5.21. The fraction of sp³-hybridized carbons (Fsp3) is 0.387. The Morgan fingerprint density at radius 3 is 2.32 bits per heavy atom. The fourth-order valence-electron chi connectivity index (χ4n) is 3.72. The van der Waals surface area contributed by atoms with Crippen molar-refractivity contribution >= 4 is 5.97 Å². The summed E-state index contributed by atoms with van der Waals surface area (Å²) in [5.74, 6) is -1.72. The van der Waals surface area contributed by atoms with E-state index >= 15 is 4.39 Å². The van der Waals surface area contributed by atoms with Crippen molar-refractivity contribution in [3.05, 3.63) is 82.9 Å². The zero-order chi connectivity index (χ0) is 27.9. The van der Waals surface area contributed by atoms with Crippen molar-refractivity contribution in [1.29, 1.82) is 0 Å². The maximum absolute atomic E-state index is 15.6. The third-order valence-electron chi connectivity index (χ3n) is 6.01. The van der Waals surface area contributed by atoms with Crippen LogP contribution in [0.3, 0.4) is 0 Å². The molecule has 1 fully saturated rings. The van der Waals surface area contributed by atoms with Gasteiger partial charge in [0.05, 0.1) is 7.11 Å². The largest absolute Gasteiger partial charge is 0.497 e. The highest BCUT2D eigenvalue weighted by atomic mass is 19.1. The molecule has 4 nitrogen and oxygen atoms in total. The van der Waals surface area contributed by atoms with Gasteiger partial charge in [0.15, 0.2) is 11.6 Å². The second kappa shape index (κ2) is 12.9. The Balaban J connectivity index is 0.00000124. The van der Waals surface area contributed by atoms with E-state index in [1.54, 1.807) is 45.0 Å². The first-order chi connectivity index (χ1) is 18.0. The number of aliphatic carboxylic acids is 1. The second-order valence-electron chi connectivity index (χ2n) is 10.5. The van der Waals surface area contributed by atoms with Gasteiger partial charge in [-0.25, -0.2) is 13.2 Å². The molecule has 1 atom stereocenters. The molecule has 0 radical (unpaired) electrons. The van der Waals surface area contributed by atoms with E-state index in [-0.39, 0.29) is 36.3 Å². The van der Waals surface area contributed by atoms with Gasteiger partial charge in [-0.15, -0.1) is 0 Å². The minimum absolute atomic E-state index is 0.0232. The Morgan fingerprint density at radius 1 is 1.00 bits per heavy atom. The number of aryl methyl sites for hydroxylation is 1. The number of carboxylic acid groups (broad SMARTS) is 1. The van der Waals surface area contributed by atoms with Gasteiger partial charge in [0.1, 0.15) is 24.3 Å². The summed E-state index contributed by atoms with van der Waals surface area (Å²) in [6.07, 6.45) is 2.92. The fourth-order valence-corrected chi connectivity index (χ4v) is 3.72. The topological polar surface area (TPSA) is 55.8 Å². The van der Waals surface area contributed by atoms with Crippen molar-refractivity contribution in [2.45, 2.75) is 65.7 Å². The molecule has 1 aliphatic carbocycles. The molecule has 38 heavy (non-hydrogen) atoms. The zero-order valence-corrected chi connectivity index (χ0v) is 22.3. The number of benzene rings is 3. The third-order valence-corrected chi connectivity index (χ3v) is 6.01. The van der Waals surface area contributed by atoms with Crippen LogP contribution in [0.5, 0.6) is 11.5 Å². The maximum Gasteiger partial charge on any atom is 0.303 e. The molecule has 1 aliphatic rings. The molecule has 0 heterocycles. The van der Waals surface area contributed by atoms with E-state index < -0.39 is 29.2 Å². The van der Waals surface area contributed by atoms with Gasteiger partial charge in [-0.05, 0) is 64.4 Å². The maximum atomic E-state index is 15.6. The van der Waals surface area contributed by atoms with Crippen molar-refractivity contribution < 1.29 is 32.5 Å². The number of hydrogen-bond donors (Lipinski definition) is 1. The van der Waals surface area contributed by atoms with E-state index in [1.807, 2.05) is 0 Å². The molecule has 0 amide bonds. The van der Waals surface area contributed by atoms with Crippen LogP contribution in [0.2, 0.25) is 0 Å². The molecule has 204 valence electrons. The molecule has 1 unspecified atom stereocenters. The summed E-state index contributed by atoms with van der Waals surface area (Å²) >= 11 is 0. The van der Waals surface area contributed by atoms with Crippen LogP contribution < -0.4 is 9.47 Å². The van der Waals surface area contributed by atoms with Gasteiger partial charge in [0.25, 0.3) is 0 Å². The van der Waals surface area contributed by atoms with Crippen LogP contribution in [-0.2, 0) is 17.8 Å². The van der Waals surface area contributed by atoms with Gasteiger partial charge in [-0.3, -0.25) is 4.79 Å². The molecular weight excluding hydrogens is 493 g/mol. The number of halogens is 3. The van der Waals surface area contributed by atoms with Crippen LogP contribution in [0.1, 0.15) is 69.3 Å². The van der Waals surface area contributed by atoms with E-state index in [1.165, 1.54) is 56.7 Å². The number of rotatable bonds is 9. The van der Waals surface area contributed by atoms with Gasteiger partial charge < -0.3 is 14.6 Å². The van der Waals surface area contributed by atoms with Crippen molar-refractivity contribution in [3.8, 4) is 22.6 Å². The Labute approximate surface area is 222 Å². The number of carbonyl (C=O) groups is 1. The lowest BCUT2D eigenvalue weighted by Crippen LogP contribution is -2.15. The highest BCUT2D eigenvalue weighted by molar-refractivity contribution is 5.70. The monoisotopic (exact) mass is 528 g/mol. The van der Waals surface area contributed by atoms with E-state index in [9.17, 15) is 13.6 Å². The molecule has 4 rings (SSSR count). The predicted octanol–water partition coefficient (Wildman–Crippen LogP) is 8.46. The SMILES string of the molecule is C1CC1.COc1ccc(F)c(-c2ccc(COc3cccc(CCC(=O)O)c3F)cc2C(F)C(C)(C)C)c1. The highest BCUT2D eigenvalue weighted by Crippen LogP contribution is 2.42. The zero-order valence-electron chi connectivity index (χ0n) is 22.3. The van der Waals surface area contributed by atoms with Gasteiger partial charge >= 0.3 is 5.97 Å². The molecule has 0 aromatic heterocycles. The molecule has 0 aliphatic heterocycles. The molecule has 7 heteroatoms. The van der Waals surface area contributed by atoms with Crippen LogP contribution in [0.4, 0.5) is 13.2 Å². The highest BCUT2D eigenvalue weighted by Gasteiger charge is 2.29. The van der Waals surface area contributed by atoms with Crippen molar-refractivity contribution in [2.75, 3.05) is 7.11 Å². The van der Waals surface area contributed by atoms with Crippen molar-refractivity contribution in [1.82, 2.24) is 0 Å². The van der Waals surface area contributed by atoms with Gasteiger partial charge in [-0.2, -0.15) is 0 Å². The Hall–Kier alpha value is -3.48. The number of hydrogen-bond acceptors (Lipinski definition) is 3. The molecule has 1 N–H and O–H groups in total. The van der Waals surface area contributed by atoms with E-state index in [4.69, 9.17) is 14.6 Å². The summed E-state index contributed by atoms with van der Waals surface area (Å²) in [6, 6.07) is 13.8.